The average molecular weight is 473 g/mol. The SMILES string of the molecule is COc1cccc(OC)c1CNc1nc(N2CC(N)CC(N)C2)nc(N2CC(N)CC(N)C2)n1. The average Bonchev–Trinajstić information content (AvgIpc) is 2.81. The molecule has 12 nitrogen and oxygen atoms in total. The third kappa shape index (κ3) is 5.58. The van der Waals surface area contributed by atoms with E-state index >= 15 is 0 Å². The molecule has 2 fully saturated rings. The van der Waals surface area contributed by atoms with E-state index in [1.807, 2.05) is 28.0 Å². The molecule has 186 valence electrons. The van der Waals surface area contributed by atoms with Crippen LogP contribution in [0.5, 0.6) is 11.5 Å². The van der Waals surface area contributed by atoms with Crippen LogP contribution in [0.1, 0.15) is 18.4 Å². The van der Waals surface area contributed by atoms with E-state index in [0.717, 1.165) is 18.4 Å². The monoisotopic (exact) mass is 472 g/mol. The van der Waals surface area contributed by atoms with E-state index in [1.54, 1.807) is 14.2 Å². The molecule has 3 heterocycles. The van der Waals surface area contributed by atoms with Gasteiger partial charge >= 0.3 is 0 Å². The van der Waals surface area contributed by atoms with E-state index < -0.39 is 0 Å². The highest BCUT2D eigenvalue weighted by molar-refractivity contribution is 5.50. The van der Waals surface area contributed by atoms with Crippen molar-refractivity contribution in [3.8, 4) is 11.5 Å². The second-order valence-electron chi connectivity index (χ2n) is 9.08. The van der Waals surface area contributed by atoms with Gasteiger partial charge in [-0.25, -0.2) is 0 Å². The molecule has 0 bridgehead atoms. The lowest BCUT2D eigenvalue weighted by molar-refractivity contribution is 0.386. The van der Waals surface area contributed by atoms with Crippen molar-refractivity contribution in [1.29, 1.82) is 0 Å². The van der Waals surface area contributed by atoms with Crippen LogP contribution in [0, 0.1) is 0 Å². The number of aromatic nitrogens is 3. The summed E-state index contributed by atoms with van der Waals surface area (Å²) < 4.78 is 11.0. The Morgan fingerprint density at radius 1 is 0.794 bits per heavy atom. The number of hydrogen-bond acceptors (Lipinski definition) is 12. The van der Waals surface area contributed by atoms with Crippen molar-refractivity contribution >= 4 is 17.8 Å². The van der Waals surface area contributed by atoms with Gasteiger partial charge in [-0.15, -0.1) is 0 Å². The quantitative estimate of drug-likeness (QED) is 0.340. The van der Waals surface area contributed by atoms with Crippen LogP contribution in [0.4, 0.5) is 17.8 Å². The molecule has 2 aromatic rings. The number of anilines is 3. The smallest absolute Gasteiger partial charge is 0.232 e. The number of nitrogens with zero attached hydrogens (tertiary/aromatic N) is 5. The molecule has 0 saturated carbocycles. The number of ether oxygens (including phenoxy) is 2. The lowest BCUT2D eigenvalue weighted by Crippen LogP contribution is -2.54. The van der Waals surface area contributed by atoms with Crippen molar-refractivity contribution in [2.24, 2.45) is 22.9 Å². The van der Waals surface area contributed by atoms with Gasteiger partial charge in [-0.2, -0.15) is 15.0 Å². The third-order valence-electron chi connectivity index (χ3n) is 6.16. The summed E-state index contributed by atoms with van der Waals surface area (Å²) in [5.74, 6) is 2.90. The van der Waals surface area contributed by atoms with Gasteiger partial charge in [-0.3, -0.25) is 0 Å². The van der Waals surface area contributed by atoms with E-state index in [4.69, 9.17) is 47.4 Å². The Labute approximate surface area is 200 Å². The number of nitrogens with one attached hydrogen (secondary N) is 1. The summed E-state index contributed by atoms with van der Waals surface area (Å²) in [6.45, 7) is 2.88. The van der Waals surface area contributed by atoms with Crippen molar-refractivity contribution in [2.45, 2.75) is 43.6 Å². The zero-order valence-electron chi connectivity index (χ0n) is 19.9. The number of piperidine rings is 2. The zero-order valence-corrected chi connectivity index (χ0v) is 19.9. The van der Waals surface area contributed by atoms with E-state index in [-0.39, 0.29) is 24.2 Å². The molecule has 0 spiro atoms. The number of nitrogens with two attached hydrogens (primary N) is 4. The molecule has 4 atom stereocenters. The Hall–Kier alpha value is -2.93. The first-order valence-electron chi connectivity index (χ1n) is 11.6. The van der Waals surface area contributed by atoms with Crippen LogP contribution in [-0.4, -0.2) is 79.5 Å². The molecule has 9 N–H and O–H groups in total. The summed E-state index contributed by atoms with van der Waals surface area (Å²) in [6, 6.07) is 5.47. The Balaban J connectivity index is 1.65. The van der Waals surface area contributed by atoms with Gasteiger partial charge in [0.05, 0.1) is 26.3 Å². The van der Waals surface area contributed by atoms with Gasteiger partial charge in [0, 0.05) is 50.3 Å². The molecule has 1 aromatic heterocycles. The predicted octanol–water partition coefficient (Wildman–Crippen LogP) is -0.770. The van der Waals surface area contributed by atoms with E-state index in [2.05, 4.69) is 5.32 Å². The van der Waals surface area contributed by atoms with Gasteiger partial charge < -0.3 is 47.5 Å². The van der Waals surface area contributed by atoms with Gasteiger partial charge in [0.25, 0.3) is 0 Å². The van der Waals surface area contributed by atoms with Gasteiger partial charge in [0.2, 0.25) is 17.8 Å². The van der Waals surface area contributed by atoms with Gasteiger partial charge in [0.1, 0.15) is 11.5 Å². The molecule has 0 radical (unpaired) electrons. The molecule has 34 heavy (non-hydrogen) atoms. The number of rotatable bonds is 7. The maximum absolute atomic E-state index is 6.23. The van der Waals surface area contributed by atoms with Gasteiger partial charge in [0.15, 0.2) is 0 Å². The van der Waals surface area contributed by atoms with Crippen LogP contribution in [0.3, 0.4) is 0 Å². The van der Waals surface area contributed by atoms with Gasteiger partial charge in [-0.05, 0) is 25.0 Å². The zero-order chi connectivity index (χ0) is 24.2. The molecule has 1 aromatic carbocycles. The first kappa shape index (κ1) is 24.2. The van der Waals surface area contributed by atoms with Crippen molar-refractivity contribution in [3.63, 3.8) is 0 Å². The first-order chi connectivity index (χ1) is 16.4. The van der Waals surface area contributed by atoms with E-state index in [0.29, 0.717) is 62.1 Å². The second-order valence-corrected chi connectivity index (χ2v) is 9.08. The van der Waals surface area contributed by atoms with Gasteiger partial charge in [-0.1, -0.05) is 6.07 Å². The third-order valence-corrected chi connectivity index (χ3v) is 6.16. The van der Waals surface area contributed by atoms with Crippen LogP contribution in [0.25, 0.3) is 0 Å². The summed E-state index contributed by atoms with van der Waals surface area (Å²) >= 11 is 0. The fraction of sp³-hybridized carbons (Fsp3) is 0.591. The molecule has 12 heteroatoms. The summed E-state index contributed by atoms with van der Waals surface area (Å²) in [6.07, 6.45) is 1.53. The fourth-order valence-corrected chi connectivity index (χ4v) is 4.67. The highest BCUT2D eigenvalue weighted by atomic mass is 16.5. The lowest BCUT2D eigenvalue weighted by atomic mass is 10.0. The van der Waals surface area contributed by atoms with Crippen molar-refractivity contribution < 1.29 is 9.47 Å². The van der Waals surface area contributed by atoms with Crippen LogP contribution < -0.4 is 47.5 Å². The van der Waals surface area contributed by atoms with Crippen molar-refractivity contribution in [2.75, 3.05) is 55.5 Å². The Bertz CT molecular complexity index is 890. The van der Waals surface area contributed by atoms with Crippen LogP contribution in [0.15, 0.2) is 18.2 Å². The summed E-state index contributed by atoms with van der Waals surface area (Å²) in [5.41, 5.74) is 25.8. The maximum atomic E-state index is 6.23. The summed E-state index contributed by atoms with van der Waals surface area (Å²) in [4.78, 5) is 18.2. The molecular weight excluding hydrogens is 436 g/mol. The predicted molar refractivity (Wildman–Crippen MR) is 132 cm³/mol. The molecule has 2 saturated heterocycles. The number of hydrogen-bond donors (Lipinski definition) is 5. The minimum Gasteiger partial charge on any atom is -0.496 e. The topological polar surface area (TPSA) is 180 Å². The summed E-state index contributed by atoms with van der Waals surface area (Å²) in [7, 11) is 3.26. The van der Waals surface area contributed by atoms with Crippen molar-refractivity contribution in [3.05, 3.63) is 23.8 Å². The van der Waals surface area contributed by atoms with E-state index in [9.17, 15) is 0 Å². The number of benzene rings is 1. The normalized spacial score (nSPS) is 25.2. The second kappa shape index (κ2) is 10.6. The molecule has 0 aliphatic carbocycles. The van der Waals surface area contributed by atoms with Crippen LogP contribution in [-0.2, 0) is 6.54 Å². The standard InChI is InChI=1S/C22H36N10O2/c1-33-18-4-3-5-19(34-2)17(18)8-27-20-28-21(31-9-13(23)6-14(24)10-31)30-22(29-20)32-11-15(25)7-16(26)12-32/h3-5,13-16H,6-12,23-26H2,1-2H3,(H,27,28,29,30). The number of methoxy groups -OCH3 is 2. The summed E-state index contributed by atoms with van der Waals surface area (Å²) in [5, 5.41) is 3.31. The van der Waals surface area contributed by atoms with E-state index in [1.165, 1.54) is 0 Å². The maximum Gasteiger partial charge on any atom is 0.232 e. The molecule has 4 unspecified atom stereocenters. The fourth-order valence-electron chi connectivity index (χ4n) is 4.67. The van der Waals surface area contributed by atoms with Crippen LogP contribution >= 0.6 is 0 Å². The molecular formula is C22H36N10O2. The molecule has 0 amide bonds. The van der Waals surface area contributed by atoms with Crippen LogP contribution in [0.2, 0.25) is 0 Å². The minimum absolute atomic E-state index is 0.0463. The highest BCUT2D eigenvalue weighted by Crippen LogP contribution is 2.29. The minimum atomic E-state index is -0.0463. The largest absolute Gasteiger partial charge is 0.496 e. The molecule has 2 aliphatic rings. The molecule has 4 rings (SSSR count). The lowest BCUT2D eigenvalue weighted by Gasteiger charge is -2.37. The Kier molecular flexibility index (Phi) is 7.51. The Morgan fingerprint density at radius 3 is 1.65 bits per heavy atom. The van der Waals surface area contributed by atoms with Crippen molar-refractivity contribution in [1.82, 2.24) is 15.0 Å². The molecule has 2 aliphatic heterocycles. The first-order valence-corrected chi connectivity index (χ1v) is 11.6. The Morgan fingerprint density at radius 2 is 1.24 bits per heavy atom. The highest BCUT2D eigenvalue weighted by Gasteiger charge is 2.28.